The molecule has 7 aromatic rings. The number of carbonyl (C=O) groups is 1. The highest BCUT2D eigenvalue weighted by Gasteiger charge is 2.59. The molecule has 2 fully saturated rings. The van der Waals surface area contributed by atoms with Crippen molar-refractivity contribution >= 4 is 26.8 Å². The van der Waals surface area contributed by atoms with Crippen molar-refractivity contribution in [1.82, 2.24) is 43.2 Å². The molecule has 4 aromatic heterocycles. The maximum Gasteiger partial charge on any atom is 0.438 e. The van der Waals surface area contributed by atoms with Gasteiger partial charge in [0.15, 0.2) is 5.82 Å². The van der Waals surface area contributed by atoms with Crippen LogP contribution in [0.3, 0.4) is 0 Å². The molecule has 10 rings (SSSR count). The van der Waals surface area contributed by atoms with Crippen LogP contribution in [0.1, 0.15) is 89.3 Å². The molecule has 0 radical (unpaired) electrons. The SMILES string of the molecule is CNS(=O)(=O)c1ccc(-n2ccn(-c3c4c(nn3-c3cc(C)c(F)c(C)c3)CCN(C(=O)c3cc5cc(C6CCOCC6)ccc5n3[C@@]3(c5noc(=O)[nH]5)C[C@@H]3C)[C@H]4C)c2=O)cc1. The van der Waals surface area contributed by atoms with Gasteiger partial charge in [0.25, 0.3) is 5.91 Å². The van der Waals surface area contributed by atoms with Crippen LogP contribution in [0.25, 0.3) is 28.1 Å². The fourth-order valence-electron chi connectivity index (χ4n) is 9.85. The number of halogens is 1. The van der Waals surface area contributed by atoms with E-state index in [4.69, 9.17) is 14.4 Å². The maximum absolute atomic E-state index is 15.4. The van der Waals surface area contributed by atoms with E-state index < -0.39 is 33.0 Å². The monoisotopic (exact) mass is 875 g/mol. The molecule has 2 N–H and O–H groups in total. The lowest BCUT2D eigenvalue weighted by molar-refractivity contribution is 0.0663. The number of carbonyl (C=O) groups excluding carboxylic acids is 1. The zero-order chi connectivity index (χ0) is 44.1. The molecular weight excluding hydrogens is 830 g/mol. The second kappa shape index (κ2) is 14.9. The average molecular weight is 876 g/mol. The number of aromatic nitrogens is 7. The minimum absolute atomic E-state index is 0.00763. The number of hydrogen-bond donors (Lipinski definition) is 2. The third kappa shape index (κ3) is 6.44. The number of sulfonamides is 1. The third-order valence-electron chi connectivity index (χ3n) is 13.3. The number of benzene rings is 3. The van der Waals surface area contributed by atoms with E-state index in [-0.39, 0.29) is 22.5 Å². The second-order valence-corrected chi connectivity index (χ2v) is 18.9. The van der Waals surface area contributed by atoms with E-state index >= 15 is 9.18 Å². The Hall–Kier alpha value is -6.37. The van der Waals surface area contributed by atoms with E-state index in [9.17, 15) is 18.0 Å². The van der Waals surface area contributed by atoms with Crippen molar-refractivity contribution in [3.05, 3.63) is 139 Å². The van der Waals surface area contributed by atoms with Crippen molar-refractivity contribution in [1.29, 1.82) is 0 Å². The number of fused-ring (bicyclic) bond motifs is 2. The zero-order valence-corrected chi connectivity index (χ0v) is 36.2. The molecule has 1 amide bonds. The fourth-order valence-corrected chi connectivity index (χ4v) is 10.6. The molecule has 16 nitrogen and oxygen atoms in total. The molecule has 0 spiro atoms. The van der Waals surface area contributed by atoms with Gasteiger partial charge in [0.05, 0.1) is 28.0 Å². The normalized spacial score (nSPS) is 20.4. The smallest absolute Gasteiger partial charge is 0.381 e. The van der Waals surface area contributed by atoms with Crippen molar-refractivity contribution in [3.63, 3.8) is 0 Å². The highest BCUT2D eigenvalue weighted by atomic mass is 32.2. The first kappa shape index (κ1) is 40.7. The molecule has 18 heteroatoms. The quantitative estimate of drug-likeness (QED) is 0.188. The molecule has 3 aliphatic rings. The highest BCUT2D eigenvalue weighted by molar-refractivity contribution is 7.89. The van der Waals surface area contributed by atoms with Gasteiger partial charge in [0.2, 0.25) is 10.0 Å². The summed E-state index contributed by atoms with van der Waals surface area (Å²) in [4.78, 5) is 47.0. The van der Waals surface area contributed by atoms with E-state index in [0.717, 1.165) is 23.7 Å². The van der Waals surface area contributed by atoms with E-state index in [1.807, 2.05) is 17.6 Å². The number of ether oxygens (including phenoxy) is 1. The Balaban J connectivity index is 1.11. The van der Waals surface area contributed by atoms with Crippen molar-refractivity contribution < 1.29 is 26.9 Å². The van der Waals surface area contributed by atoms with Crippen molar-refractivity contribution in [2.75, 3.05) is 26.8 Å². The summed E-state index contributed by atoms with van der Waals surface area (Å²) in [5, 5.41) is 10.1. The number of nitrogens with one attached hydrogen (secondary N) is 2. The summed E-state index contributed by atoms with van der Waals surface area (Å²) in [6, 6.07) is 16.9. The lowest BCUT2D eigenvalue weighted by Gasteiger charge is -2.34. The Morgan fingerprint density at radius 2 is 1.65 bits per heavy atom. The van der Waals surface area contributed by atoms with Crippen LogP contribution < -0.4 is 16.2 Å². The minimum Gasteiger partial charge on any atom is -0.381 e. The van der Waals surface area contributed by atoms with Gasteiger partial charge in [-0.3, -0.25) is 23.4 Å². The van der Waals surface area contributed by atoms with Crippen LogP contribution >= 0.6 is 0 Å². The van der Waals surface area contributed by atoms with Gasteiger partial charge in [-0.05, 0) is 130 Å². The molecule has 1 aliphatic carbocycles. The van der Waals surface area contributed by atoms with Crippen LogP contribution in [0.15, 0.2) is 92.1 Å². The van der Waals surface area contributed by atoms with Crippen LogP contribution in [-0.2, 0) is 26.7 Å². The molecule has 0 bridgehead atoms. The molecule has 3 aromatic carbocycles. The lowest BCUT2D eigenvalue weighted by Crippen LogP contribution is -2.41. The number of aryl methyl sites for hydroxylation is 2. The van der Waals surface area contributed by atoms with Crippen LogP contribution in [0.5, 0.6) is 0 Å². The van der Waals surface area contributed by atoms with E-state index in [2.05, 4.69) is 40.0 Å². The predicted octanol–water partition coefficient (Wildman–Crippen LogP) is 5.55. The molecule has 2 aliphatic heterocycles. The fraction of sp³-hybridized carbons (Fsp3) is 0.356. The highest BCUT2D eigenvalue weighted by Crippen LogP contribution is 2.56. The Morgan fingerprint density at radius 1 is 0.952 bits per heavy atom. The van der Waals surface area contributed by atoms with Crippen LogP contribution in [-0.4, -0.2) is 79.7 Å². The van der Waals surface area contributed by atoms with E-state index in [1.165, 1.54) is 33.9 Å². The Kier molecular flexibility index (Phi) is 9.61. The standard InChI is InChI=1S/C45H46FN9O7S/c1-25-20-33(21-26(2)39(25)46)55-40(53-17-16-52(44(53)58)32-7-9-34(10-8-32)63(59,60)47-5)38-28(4)51(15-12-35(38)49-55)41(56)37-23-31-22-30(29-13-18-61-19-14-29)6-11-36(31)54(37)45(24-27(45)3)42-48-43(57)62-50-42/h6-11,16-17,20-23,27-29,47H,12-15,18-19,24H2,1-5H3,(H,48,50,57)/t27-,28-,45-/m0/s1. The summed E-state index contributed by atoms with van der Waals surface area (Å²) in [7, 11) is -2.39. The number of H-pyrrole nitrogens is 1. The minimum atomic E-state index is -3.71. The molecule has 6 heterocycles. The molecule has 1 saturated carbocycles. The summed E-state index contributed by atoms with van der Waals surface area (Å²) in [5.74, 6) is -0.212. The van der Waals surface area contributed by atoms with Gasteiger partial charge >= 0.3 is 11.4 Å². The first-order chi connectivity index (χ1) is 30.2. The predicted molar refractivity (Wildman–Crippen MR) is 230 cm³/mol. The molecule has 1 saturated heterocycles. The van der Waals surface area contributed by atoms with Crippen molar-refractivity contribution in [2.24, 2.45) is 5.92 Å². The Bertz CT molecular complexity index is 3180. The van der Waals surface area contributed by atoms with E-state index in [0.29, 0.717) is 89.6 Å². The summed E-state index contributed by atoms with van der Waals surface area (Å²) in [6.07, 6.45) is 5.97. The van der Waals surface area contributed by atoms with Gasteiger partial charge in [-0.25, -0.2) is 31.8 Å². The number of aromatic amines is 1. The molecule has 3 atom stereocenters. The van der Waals surface area contributed by atoms with Crippen molar-refractivity contribution in [3.8, 4) is 17.2 Å². The third-order valence-corrected chi connectivity index (χ3v) is 14.8. The summed E-state index contributed by atoms with van der Waals surface area (Å²) < 4.78 is 59.4. The Labute approximate surface area is 360 Å². The van der Waals surface area contributed by atoms with Gasteiger partial charge in [-0.2, -0.15) is 5.10 Å². The number of amides is 1. The van der Waals surface area contributed by atoms with Gasteiger partial charge in [-0.1, -0.05) is 18.1 Å². The molecule has 0 unspecified atom stereocenters. The molecular formula is C45H46FN9O7S. The van der Waals surface area contributed by atoms with Crippen LogP contribution in [0, 0.1) is 25.6 Å². The first-order valence-corrected chi connectivity index (χ1v) is 22.5. The average Bonchev–Trinajstić information content (AvgIpc) is 3.78. The number of imidazole rings is 1. The topological polar surface area (TPSA) is 184 Å². The van der Waals surface area contributed by atoms with Gasteiger partial charge in [0.1, 0.15) is 22.9 Å². The Morgan fingerprint density at radius 3 is 2.30 bits per heavy atom. The summed E-state index contributed by atoms with van der Waals surface area (Å²) in [5.41, 5.74) is 4.19. The number of rotatable bonds is 9. The van der Waals surface area contributed by atoms with E-state index in [1.54, 1.807) is 60.1 Å². The summed E-state index contributed by atoms with van der Waals surface area (Å²) in [6.45, 7) is 9.00. The molecule has 326 valence electrons. The zero-order valence-electron chi connectivity index (χ0n) is 35.4. The lowest BCUT2D eigenvalue weighted by atomic mass is 9.91. The maximum atomic E-state index is 15.4. The van der Waals surface area contributed by atoms with Gasteiger partial charge in [-0.15, -0.1) is 0 Å². The largest absolute Gasteiger partial charge is 0.438 e. The van der Waals surface area contributed by atoms with Gasteiger partial charge < -0.3 is 14.2 Å². The van der Waals surface area contributed by atoms with Crippen LogP contribution in [0.2, 0.25) is 0 Å². The van der Waals surface area contributed by atoms with Gasteiger partial charge in [0, 0.05) is 55.0 Å². The van der Waals surface area contributed by atoms with Crippen LogP contribution in [0.4, 0.5) is 4.39 Å². The van der Waals surface area contributed by atoms with Crippen molar-refractivity contribution in [2.45, 2.75) is 75.8 Å². The first-order valence-electron chi connectivity index (χ1n) is 21.1. The summed E-state index contributed by atoms with van der Waals surface area (Å²) >= 11 is 0. The second-order valence-electron chi connectivity index (χ2n) is 17.0. The number of hydrogen-bond acceptors (Lipinski definition) is 9. The number of nitrogens with zero attached hydrogens (tertiary/aromatic N) is 7. The molecule has 63 heavy (non-hydrogen) atoms.